The molecule has 2 fully saturated rings. The molecule has 2 saturated heterocycles. The number of benzene rings is 3. The van der Waals surface area contributed by atoms with Crippen LogP contribution in [0.25, 0.3) is 0 Å². The van der Waals surface area contributed by atoms with E-state index in [0.29, 0.717) is 30.7 Å². The molecule has 5 rings (SSSR count). The van der Waals surface area contributed by atoms with Gasteiger partial charge < -0.3 is 20.0 Å². The summed E-state index contributed by atoms with van der Waals surface area (Å²) < 4.78 is 0. The van der Waals surface area contributed by atoms with Gasteiger partial charge in [0, 0.05) is 68.2 Å². The lowest BCUT2D eigenvalue weighted by Gasteiger charge is -2.42. The largest absolute Gasteiger partial charge is 0.364 e. The Hall–Kier alpha value is -4.15. The molecule has 7 nitrogen and oxygen atoms in total. The second-order valence-corrected chi connectivity index (χ2v) is 12.8. The molecule has 7 heteroatoms. The van der Waals surface area contributed by atoms with Gasteiger partial charge in [-0.05, 0) is 112 Å². The fourth-order valence-electron chi connectivity index (χ4n) is 6.92. The van der Waals surface area contributed by atoms with Crippen molar-refractivity contribution in [2.24, 2.45) is 0 Å². The van der Waals surface area contributed by atoms with Gasteiger partial charge in [0.2, 0.25) is 0 Å². The van der Waals surface area contributed by atoms with Gasteiger partial charge in [0.25, 0.3) is 11.8 Å². The first-order chi connectivity index (χ1) is 21.8. The van der Waals surface area contributed by atoms with Gasteiger partial charge in [-0.25, -0.2) is 0 Å². The predicted molar refractivity (Wildman–Crippen MR) is 180 cm³/mol. The molecule has 236 valence electrons. The number of hydrogen-bond acceptors (Lipinski definition) is 5. The Morgan fingerprint density at radius 1 is 0.933 bits per heavy atom. The molecule has 0 aromatic heterocycles. The third kappa shape index (κ3) is 8.12. The molecule has 2 aliphatic heterocycles. The monoisotopic (exact) mass is 605 g/mol. The van der Waals surface area contributed by atoms with Gasteiger partial charge in [0.1, 0.15) is 0 Å². The number of rotatable bonds is 10. The summed E-state index contributed by atoms with van der Waals surface area (Å²) in [6.45, 7) is 11.2. The lowest BCUT2D eigenvalue weighted by molar-refractivity contribution is 0.0724. The number of aryl methyl sites for hydroxylation is 2. The summed E-state index contributed by atoms with van der Waals surface area (Å²) in [7, 11) is 0. The van der Waals surface area contributed by atoms with Crippen molar-refractivity contribution in [3.8, 4) is 6.07 Å². The van der Waals surface area contributed by atoms with Gasteiger partial charge in [-0.1, -0.05) is 30.3 Å². The zero-order valence-corrected chi connectivity index (χ0v) is 27.1. The number of anilines is 1. The number of nitriles is 1. The van der Waals surface area contributed by atoms with Gasteiger partial charge in [-0.15, -0.1) is 0 Å². The summed E-state index contributed by atoms with van der Waals surface area (Å²) in [5.74, 6) is 0.137. The Morgan fingerprint density at radius 3 is 2.27 bits per heavy atom. The normalized spacial score (nSPS) is 16.5. The highest BCUT2D eigenvalue weighted by Crippen LogP contribution is 2.28. The summed E-state index contributed by atoms with van der Waals surface area (Å²) in [6.07, 6.45) is 6.30. The molecule has 0 saturated carbocycles. The van der Waals surface area contributed by atoms with E-state index >= 15 is 0 Å². The maximum absolute atomic E-state index is 13.1. The summed E-state index contributed by atoms with van der Waals surface area (Å²) >= 11 is 0. The highest BCUT2D eigenvalue weighted by atomic mass is 16.2. The van der Waals surface area contributed by atoms with Crippen LogP contribution in [0.2, 0.25) is 0 Å². The molecule has 0 spiro atoms. The van der Waals surface area contributed by atoms with Crippen molar-refractivity contribution < 1.29 is 9.59 Å². The van der Waals surface area contributed by atoms with Crippen molar-refractivity contribution in [1.82, 2.24) is 15.1 Å². The van der Waals surface area contributed by atoms with Crippen LogP contribution in [0.1, 0.15) is 88.4 Å². The van der Waals surface area contributed by atoms with Crippen molar-refractivity contribution in [3.63, 3.8) is 0 Å². The van der Waals surface area contributed by atoms with Crippen molar-refractivity contribution in [1.29, 1.82) is 5.26 Å². The minimum Gasteiger partial charge on any atom is -0.364 e. The minimum atomic E-state index is 0.0104. The molecule has 0 bridgehead atoms. The zero-order chi connectivity index (χ0) is 31.8. The number of piperidine rings is 2. The van der Waals surface area contributed by atoms with Gasteiger partial charge in [0.05, 0.1) is 11.6 Å². The fourth-order valence-corrected chi connectivity index (χ4v) is 6.92. The van der Waals surface area contributed by atoms with Crippen molar-refractivity contribution >= 4 is 17.5 Å². The first-order valence-electron chi connectivity index (χ1n) is 16.6. The van der Waals surface area contributed by atoms with Crippen LogP contribution in [-0.2, 0) is 6.54 Å². The van der Waals surface area contributed by atoms with E-state index in [9.17, 15) is 14.9 Å². The number of carbonyl (C=O) groups excluding carboxylic acids is 2. The zero-order valence-electron chi connectivity index (χ0n) is 27.1. The van der Waals surface area contributed by atoms with Crippen LogP contribution in [0.15, 0.2) is 66.7 Å². The number of hydrogen-bond donors (Lipinski definition) is 1. The molecular formula is C38H47N5O2. The quantitative estimate of drug-likeness (QED) is 0.286. The van der Waals surface area contributed by atoms with E-state index in [4.69, 9.17) is 0 Å². The van der Waals surface area contributed by atoms with E-state index in [0.717, 1.165) is 91.8 Å². The molecular weight excluding hydrogens is 558 g/mol. The average molecular weight is 606 g/mol. The number of carbonyl (C=O) groups is 2. The molecule has 3 aromatic rings. The average Bonchev–Trinajstić information content (AvgIpc) is 3.07. The van der Waals surface area contributed by atoms with E-state index < -0.39 is 0 Å². The Bertz CT molecular complexity index is 1480. The smallest absolute Gasteiger partial charge is 0.253 e. The molecule has 0 radical (unpaired) electrons. The van der Waals surface area contributed by atoms with Crippen LogP contribution >= 0.6 is 0 Å². The summed E-state index contributed by atoms with van der Waals surface area (Å²) in [4.78, 5) is 32.9. The molecule has 1 unspecified atom stereocenters. The van der Waals surface area contributed by atoms with Gasteiger partial charge in [0.15, 0.2) is 0 Å². The number of nitrogens with one attached hydrogen (secondary N) is 1. The van der Waals surface area contributed by atoms with E-state index in [1.165, 1.54) is 6.42 Å². The maximum Gasteiger partial charge on any atom is 0.253 e. The molecule has 2 amide bonds. The Balaban J connectivity index is 1.21. The lowest BCUT2D eigenvalue weighted by atomic mass is 9.98. The lowest BCUT2D eigenvalue weighted by Crippen LogP contribution is -2.48. The van der Waals surface area contributed by atoms with Crippen molar-refractivity contribution in [2.45, 2.75) is 77.9 Å². The van der Waals surface area contributed by atoms with E-state index in [-0.39, 0.29) is 11.8 Å². The van der Waals surface area contributed by atoms with Crippen LogP contribution in [0.5, 0.6) is 0 Å². The van der Waals surface area contributed by atoms with Crippen LogP contribution in [0.4, 0.5) is 5.69 Å². The van der Waals surface area contributed by atoms with E-state index in [1.54, 1.807) is 0 Å². The number of likely N-dealkylation sites (tertiary alicyclic amines) is 2. The maximum atomic E-state index is 13.1. The van der Waals surface area contributed by atoms with Gasteiger partial charge >= 0.3 is 0 Å². The highest BCUT2D eigenvalue weighted by Gasteiger charge is 2.28. The fraction of sp³-hybridized carbons (Fsp3) is 0.447. The predicted octanol–water partition coefficient (Wildman–Crippen LogP) is 6.48. The van der Waals surface area contributed by atoms with Crippen molar-refractivity contribution in [2.75, 3.05) is 37.6 Å². The van der Waals surface area contributed by atoms with Crippen molar-refractivity contribution in [3.05, 3.63) is 100 Å². The highest BCUT2D eigenvalue weighted by molar-refractivity contribution is 5.97. The summed E-state index contributed by atoms with van der Waals surface area (Å²) in [6, 6.07) is 25.0. The van der Waals surface area contributed by atoms with Crippen LogP contribution in [0, 0.1) is 25.2 Å². The molecule has 0 aliphatic carbocycles. The van der Waals surface area contributed by atoms with Gasteiger partial charge in [-0.3, -0.25) is 9.59 Å². The first kappa shape index (κ1) is 32.2. The Kier molecular flexibility index (Phi) is 10.9. The summed E-state index contributed by atoms with van der Waals surface area (Å²) in [5.41, 5.74) is 6.44. The molecule has 3 aromatic carbocycles. The number of nitrogens with zero attached hydrogens (tertiary/aromatic N) is 4. The van der Waals surface area contributed by atoms with Crippen LogP contribution in [0.3, 0.4) is 0 Å². The second-order valence-electron chi connectivity index (χ2n) is 12.8. The SMILES string of the molecule is Cc1cccc(C)c1C(=O)NCCC(C)N1CCC(N(Cc2cccc(C#N)c2)c2ccc(C(=O)N3CCCCC3)cc2)CC1. The molecule has 45 heavy (non-hydrogen) atoms. The third-order valence-electron chi connectivity index (χ3n) is 9.62. The minimum absolute atomic E-state index is 0.0104. The summed E-state index contributed by atoms with van der Waals surface area (Å²) in [5, 5.41) is 12.6. The Labute approximate surface area is 268 Å². The topological polar surface area (TPSA) is 79.7 Å². The molecule has 2 heterocycles. The van der Waals surface area contributed by atoms with Crippen LogP contribution < -0.4 is 10.2 Å². The molecule has 2 aliphatic rings. The van der Waals surface area contributed by atoms with Gasteiger partial charge in [-0.2, -0.15) is 5.26 Å². The standard InChI is InChI=1S/C38H47N5O2/c1-28-9-7-10-29(2)36(28)37(44)40-20-17-30(3)41-23-18-35(19-24-41)43(27-32-12-8-11-31(25-32)26-39)34-15-13-33(14-16-34)38(45)42-21-5-4-6-22-42/h7-16,25,30,35H,4-6,17-24,27H2,1-3H3,(H,40,44). The molecule has 1 atom stereocenters. The third-order valence-corrected chi connectivity index (χ3v) is 9.62. The first-order valence-corrected chi connectivity index (χ1v) is 16.6. The van der Waals surface area contributed by atoms with E-state index in [2.05, 4.69) is 46.3 Å². The molecule has 1 N–H and O–H groups in total. The van der Waals surface area contributed by atoms with Crippen LogP contribution in [-0.4, -0.2) is 66.4 Å². The second kappa shape index (κ2) is 15.2. The van der Waals surface area contributed by atoms with E-state index in [1.807, 2.05) is 67.3 Å². The Morgan fingerprint density at radius 2 is 1.60 bits per heavy atom. The number of amides is 2.